The van der Waals surface area contributed by atoms with E-state index in [9.17, 15) is 9.59 Å². The zero-order valence-corrected chi connectivity index (χ0v) is 14.2. The van der Waals surface area contributed by atoms with Crippen LogP contribution in [0, 0.1) is 13.8 Å². The number of anilines is 1. The predicted molar refractivity (Wildman–Crippen MR) is 91.0 cm³/mol. The number of hydrogen-bond donors (Lipinski definition) is 3. The molecule has 2 rings (SSSR count). The molecule has 7 heteroatoms. The van der Waals surface area contributed by atoms with Gasteiger partial charge in [0.1, 0.15) is 0 Å². The van der Waals surface area contributed by atoms with E-state index >= 15 is 0 Å². The Morgan fingerprint density at radius 3 is 2.50 bits per heavy atom. The third kappa shape index (κ3) is 4.24. The number of hydrogen-bond acceptors (Lipinski definition) is 4. The van der Waals surface area contributed by atoms with E-state index < -0.39 is 0 Å². The molecule has 1 aliphatic heterocycles. The van der Waals surface area contributed by atoms with Crippen LogP contribution in [-0.4, -0.2) is 65.9 Å². The van der Waals surface area contributed by atoms with Gasteiger partial charge in [0.05, 0.1) is 19.3 Å². The van der Waals surface area contributed by atoms with Crippen LogP contribution < -0.4 is 10.2 Å². The highest BCUT2D eigenvalue weighted by Gasteiger charge is 2.32. The Morgan fingerprint density at radius 1 is 1.25 bits per heavy atom. The van der Waals surface area contributed by atoms with Gasteiger partial charge in [0, 0.05) is 31.7 Å². The quantitative estimate of drug-likeness (QED) is 0.702. The normalized spacial score (nSPS) is 17.2. The molecule has 1 heterocycles. The van der Waals surface area contributed by atoms with Gasteiger partial charge in [-0.25, -0.2) is 4.79 Å². The van der Waals surface area contributed by atoms with Gasteiger partial charge in [-0.05, 0) is 37.1 Å². The Hall–Kier alpha value is -2.12. The second kappa shape index (κ2) is 8.12. The van der Waals surface area contributed by atoms with Gasteiger partial charge in [-0.1, -0.05) is 6.07 Å². The standard InChI is InChI=1S/C17H25N3O4/c1-12-3-4-15(9-13(12)2)20-11-14(10-16(20)23)18-17(24)19(5-7-21)6-8-22/h3-4,9,14,21-22H,5-8,10-11H2,1-2H3,(H,18,24)/t14-/m1/s1. The zero-order chi connectivity index (χ0) is 17.7. The molecule has 0 aromatic heterocycles. The Kier molecular flexibility index (Phi) is 6.16. The van der Waals surface area contributed by atoms with Crippen molar-refractivity contribution in [2.24, 2.45) is 0 Å². The van der Waals surface area contributed by atoms with Crippen molar-refractivity contribution >= 4 is 17.6 Å². The van der Waals surface area contributed by atoms with Crippen LogP contribution in [0.4, 0.5) is 10.5 Å². The number of rotatable bonds is 6. The first kappa shape index (κ1) is 18.2. The second-order valence-corrected chi connectivity index (χ2v) is 6.06. The van der Waals surface area contributed by atoms with E-state index in [1.165, 1.54) is 10.5 Å². The molecular formula is C17H25N3O4. The van der Waals surface area contributed by atoms with Crippen LogP contribution in [0.25, 0.3) is 0 Å². The van der Waals surface area contributed by atoms with Crippen molar-refractivity contribution in [3.05, 3.63) is 29.3 Å². The monoisotopic (exact) mass is 335 g/mol. The van der Waals surface area contributed by atoms with Crippen LogP contribution in [0.5, 0.6) is 0 Å². The summed E-state index contributed by atoms with van der Waals surface area (Å²) in [5, 5.41) is 20.8. The summed E-state index contributed by atoms with van der Waals surface area (Å²) < 4.78 is 0. The molecule has 0 radical (unpaired) electrons. The van der Waals surface area contributed by atoms with Crippen molar-refractivity contribution in [1.82, 2.24) is 10.2 Å². The van der Waals surface area contributed by atoms with Crippen LogP contribution in [0.2, 0.25) is 0 Å². The fourth-order valence-corrected chi connectivity index (χ4v) is 2.77. The molecule has 1 atom stereocenters. The minimum atomic E-state index is -0.377. The highest BCUT2D eigenvalue weighted by Crippen LogP contribution is 2.24. The Balaban J connectivity index is 2.01. The van der Waals surface area contributed by atoms with Crippen LogP contribution in [0.1, 0.15) is 17.5 Å². The second-order valence-electron chi connectivity index (χ2n) is 6.06. The summed E-state index contributed by atoms with van der Waals surface area (Å²) in [6.07, 6.45) is 0.241. The number of nitrogens with zero attached hydrogens (tertiary/aromatic N) is 2. The van der Waals surface area contributed by atoms with E-state index in [1.807, 2.05) is 32.0 Å². The van der Waals surface area contributed by atoms with Crippen molar-refractivity contribution in [2.75, 3.05) is 37.7 Å². The summed E-state index contributed by atoms with van der Waals surface area (Å²) in [5.74, 6) is -0.0283. The summed E-state index contributed by atoms with van der Waals surface area (Å²) in [7, 11) is 0. The topological polar surface area (TPSA) is 93.1 Å². The van der Waals surface area contributed by atoms with Crippen LogP contribution >= 0.6 is 0 Å². The minimum absolute atomic E-state index is 0.0283. The fourth-order valence-electron chi connectivity index (χ4n) is 2.77. The minimum Gasteiger partial charge on any atom is -0.395 e. The van der Waals surface area contributed by atoms with Gasteiger partial charge in [0.15, 0.2) is 0 Å². The van der Waals surface area contributed by atoms with Gasteiger partial charge in [-0.3, -0.25) is 4.79 Å². The van der Waals surface area contributed by atoms with E-state index in [2.05, 4.69) is 5.32 Å². The lowest BCUT2D eigenvalue weighted by molar-refractivity contribution is -0.117. The number of carbonyl (C=O) groups excluding carboxylic acids is 2. The Labute approximate surface area is 141 Å². The summed E-state index contributed by atoms with van der Waals surface area (Å²) in [4.78, 5) is 27.5. The average molecular weight is 335 g/mol. The Bertz CT molecular complexity index is 599. The fraction of sp³-hybridized carbons (Fsp3) is 0.529. The summed E-state index contributed by atoms with van der Waals surface area (Å²) >= 11 is 0. The molecule has 0 saturated carbocycles. The maximum atomic E-state index is 12.3. The number of nitrogens with one attached hydrogen (secondary N) is 1. The maximum absolute atomic E-state index is 12.3. The zero-order valence-electron chi connectivity index (χ0n) is 14.2. The smallest absolute Gasteiger partial charge is 0.317 e. The number of amides is 3. The molecule has 7 nitrogen and oxygen atoms in total. The molecule has 1 aliphatic rings. The molecular weight excluding hydrogens is 310 g/mol. The van der Waals surface area contributed by atoms with E-state index in [0.717, 1.165) is 11.3 Å². The first-order valence-electron chi connectivity index (χ1n) is 8.11. The molecule has 1 saturated heterocycles. The number of aliphatic hydroxyl groups is 2. The first-order valence-corrected chi connectivity index (χ1v) is 8.11. The molecule has 1 aromatic carbocycles. The predicted octanol–water partition coefficient (Wildman–Crippen LogP) is 0.405. The maximum Gasteiger partial charge on any atom is 0.317 e. The average Bonchev–Trinajstić information content (AvgIpc) is 2.90. The van der Waals surface area contributed by atoms with Gasteiger partial charge < -0.3 is 25.3 Å². The van der Waals surface area contributed by atoms with Crippen LogP contribution in [0.15, 0.2) is 18.2 Å². The molecule has 0 aliphatic carbocycles. The molecule has 0 unspecified atom stereocenters. The lowest BCUT2D eigenvalue weighted by atomic mass is 10.1. The summed E-state index contributed by atoms with van der Waals surface area (Å²) in [6, 6.07) is 5.20. The van der Waals surface area contributed by atoms with Gasteiger partial charge in [-0.2, -0.15) is 0 Å². The SMILES string of the molecule is Cc1ccc(N2C[C@H](NC(=O)N(CCO)CCO)CC2=O)cc1C. The van der Waals surface area contributed by atoms with Crippen molar-refractivity contribution in [3.63, 3.8) is 0 Å². The summed E-state index contributed by atoms with van der Waals surface area (Å²) in [5.41, 5.74) is 3.12. The van der Waals surface area contributed by atoms with Crippen molar-refractivity contribution in [2.45, 2.75) is 26.3 Å². The third-order valence-electron chi connectivity index (χ3n) is 4.28. The lowest BCUT2D eigenvalue weighted by Gasteiger charge is -2.23. The van der Waals surface area contributed by atoms with E-state index in [0.29, 0.717) is 6.54 Å². The number of urea groups is 1. The van der Waals surface area contributed by atoms with Crippen LogP contribution in [0.3, 0.4) is 0 Å². The van der Waals surface area contributed by atoms with Gasteiger partial charge in [0.25, 0.3) is 0 Å². The van der Waals surface area contributed by atoms with E-state index in [-0.39, 0.29) is 50.7 Å². The number of aryl methyl sites for hydroxylation is 2. The molecule has 3 amide bonds. The van der Waals surface area contributed by atoms with Crippen molar-refractivity contribution in [1.29, 1.82) is 0 Å². The highest BCUT2D eigenvalue weighted by molar-refractivity contribution is 5.96. The molecule has 1 fully saturated rings. The lowest BCUT2D eigenvalue weighted by Crippen LogP contribution is -2.47. The van der Waals surface area contributed by atoms with E-state index in [1.54, 1.807) is 4.90 Å². The highest BCUT2D eigenvalue weighted by atomic mass is 16.3. The van der Waals surface area contributed by atoms with Gasteiger partial charge >= 0.3 is 6.03 Å². The third-order valence-corrected chi connectivity index (χ3v) is 4.28. The first-order chi connectivity index (χ1) is 11.5. The molecule has 0 spiro atoms. The molecule has 3 N–H and O–H groups in total. The molecule has 0 bridgehead atoms. The van der Waals surface area contributed by atoms with Crippen LogP contribution in [-0.2, 0) is 4.79 Å². The van der Waals surface area contributed by atoms with Gasteiger partial charge in [0.2, 0.25) is 5.91 Å². The van der Waals surface area contributed by atoms with Crippen molar-refractivity contribution < 1.29 is 19.8 Å². The van der Waals surface area contributed by atoms with E-state index in [4.69, 9.17) is 10.2 Å². The Morgan fingerprint density at radius 2 is 1.92 bits per heavy atom. The molecule has 24 heavy (non-hydrogen) atoms. The largest absolute Gasteiger partial charge is 0.395 e. The number of benzene rings is 1. The number of aliphatic hydroxyl groups excluding tert-OH is 2. The van der Waals surface area contributed by atoms with Gasteiger partial charge in [-0.15, -0.1) is 0 Å². The number of carbonyl (C=O) groups is 2. The molecule has 132 valence electrons. The molecule has 1 aromatic rings. The van der Waals surface area contributed by atoms with Crippen molar-refractivity contribution in [3.8, 4) is 0 Å². The summed E-state index contributed by atoms with van der Waals surface area (Å²) in [6.45, 7) is 4.38.